The summed E-state index contributed by atoms with van der Waals surface area (Å²) >= 11 is 1.51. The van der Waals surface area contributed by atoms with Crippen molar-refractivity contribution in [2.24, 2.45) is 11.3 Å². The molecule has 1 atom stereocenters. The molecule has 1 N–H and O–H groups in total. The molecule has 3 rings (SSSR count). The Morgan fingerprint density at radius 3 is 2.70 bits per heavy atom. The topological polar surface area (TPSA) is 55.4 Å². The van der Waals surface area contributed by atoms with E-state index in [1.54, 1.807) is 0 Å². The van der Waals surface area contributed by atoms with Crippen LogP contribution in [-0.4, -0.2) is 18.5 Å². The fourth-order valence-corrected chi connectivity index (χ4v) is 4.57. The molecule has 0 saturated heterocycles. The summed E-state index contributed by atoms with van der Waals surface area (Å²) < 4.78 is 5.23. The van der Waals surface area contributed by atoms with Gasteiger partial charge in [0.25, 0.3) is 5.91 Å². The highest BCUT2D eigenvalue weighted by atomic mass is 32.1. The van der Waals surface area contributed by atoms with E-state index in [1.165, 1.54) is 21.8 Å². The fourth-order valence-electron chi connectivity index (χ4n) is 3.47. The van der Waals surface area contributed by atoms with Crippen LogP contribution in [0.15, 0.2) is 30.3 Å². The van der Waals surface area contributed by atoms with E-state index in [9.17, 15) is 9.59 Å². The molecule has 2 aromatic rings. The molecule has 1 aliphatic carbocycles. The highest BCUT2D eigenvalue weighted by Gasteiger charge is 2.30. The lowest BCUT2D eigenvalue weighted by molar-refractivity contribution is -0.119. The maximum Gasteiger partial charge on any atom is 0.348 e. The molecule has 0 unspecified atom stereocenters. The third kappa shape index (κ3) is 4.78. The Hall–Kier alpha value is -2.14. The molecule has 0 saturated carbocycles. The average molecular weight is 386 g/mol. The van der Waals surface area contributed by atoms with Crippen molar-refractivity contribution in [1.82, 2.24) is 0 Å². The van der Waals surface area contributed by atoms with Gasteiger partial charge in [0, 0.05) is 10.6 Å². The van der Waals surface area contributed by atoms with Crippen molar-refractivity contribution < 1.29 is 14.3 Å². The van der Waals surface area contributed by atoms with E-state index in [0.717, 1.165) is 30.5 Å². The number of carbonyl (C=O) groups is 2. The predicted molar refractivity (Wildman–Crippen MR) is 109 cm³/mol. The molecule has 5 heteroatoms. The lowest BCUT2D eigenvalue weighted by Crippen LogP contribution is -2.26. The van der Waals surface area contributed by atoms with Gasteiger partial charge >= 0.3 is 5.97 Å². The first-order chi connectivity index (χ1) is 12.7. The third-order valence-electron chi connectivity index (χ3n) is 5.26. The fraction of sp³-hybridized carbons (Fsp3) is 0.455. The van der Waals surface area contributed by atoms with E-state index in [4.69, 9.17) is 4.74 Å². The standard InChI is InChI=1S/C22H27NO3S/c1-14-7-5-6-8-17(14)23-20(24)13-26-21(25)19-12-15-11-16(22(2,3)4)9-10-18(15)27-19/h5-8,12,16H,9-11,13H2,1-4H3,(H,23,24)/t16-/m1/s1. The Bertz CT molecular complexity index is 847. The highest BCUT2D eigenvalue weighted by molar-refractivity contribution is 7.14. The zero-order chi connectivity index (χ0) is 19.6. The van der Waals surface area contributed by atoms with Crippen LogP contribution in [0.3, 0.4) is 0 Å². The van der Waals surface area contributed by atoms with Crippen LogP contribution in [0.2, 0.25) is 0 Å². The summed E-state index contributed by atoms with van der Waals surface area (Å²) in [5.74, 6) is -0.114. The summed E-state index contributed by atoms with van der Waals surface area (Å²) in [6, 6.07) is 9.47. The van der Waals surface area contributed by atoms with Crippen molar-refractivity contribution in [3.63, 3.8) is 0 Å². The number of para-hydroxylation sites is 1. The first kappa shape index (κ1) is 19.6. The summed E-state index contributed by atoms with van der Waals surface area (Å²) in [5.41, 5.74) is 3.24. The molecule has 0 spiro atoms. The van der Waals surface area contributed by atoms with Crippen LogP contribution in [0.1, 0.15) is 52.9 Å². The largest absolute Gasteiger partial charge is 0.451 e. The van der Waals surface area contributed by atoms with Gasteiger partial charge in [-0.3, -0.25) is 4.79 Å². The van der Waals surface area contributed by atoms with Crippen LogP contribution in [-0.2, 0) is 22.4 Å². The Morgan fingerprint density at radius 1 is 1.26 bits per heavy atom. The van der Waals surface area contributed by atoms with Gasteiger partial charge < -0.3 is 10.1 Å². The Morgan fingerprint density at radius 2 is 2.00 bits per heavy atom. The molecule has 1 heterocycles. The molecule has 0 aliphatic heterocycles. The van der Waals surface area contributed by atoms with E-state index in [1.807, 2.05) is 37.3 Å². The lowest BCUT2D eigenvalue weighted by atomic mass is 9.72. The monoisotopic (exact) mass is 385 g/mol. The van der Waals surface area contributed by atoms with Crippen LogP contribution in [0.25, 0.3) is 0 Å². The number of benzene rings is 1. The number of esters is 1. The molecule has 27 heavy (non-hydrogen) atoms. The summed E-state index contributed by atoms with van der Waals surface area (Å²) in [6.45, 7) is 8.47. The predicted octanol–water partition coefficient (Wildman–Crippen LogP) is 5.00. The number of hydrogen-bond donors (Lipinski definition) is 1. The van der Waals surface area contributed by atoms with Crippen molar-refractivity contribution in [2.45, 2.75) is 47.0 Å². The number of nitrogens with one attached hydrogen (secondary N) is 1. The SMILES string of the molecule is Cc1ccccc1NC(=O)COC(=O)c1cc2c(s1)CC[C@@H](C(C)(C)C)C2. The Labute approximate surface area is 164 Å². The number of amides is 1. The van der Waals surface area contributed by atoms with Crippen molar-refractivity contribution in [3.8, 4) is 0 Å². The molecular formula is C22H27NO3S. The van der Waals surface area contributed by atoms with Crippen molar-refractivity contribution in [2.75, 3.05) is 11.9 Å². The number of ether oxygens (including phenoxy) is 1. The van der Waals surface area contributed by atoms with Gasteiger partial charge in [-0.25, -0.2) is 4.79 Å². The molecule has 0 fully saturated rings. The van der Waals surface area contributed by atoms with E-state index >= 15 is 0 Å². The molecule has 1 aliphatic rings. The van der Waals surface area contributed by atoms with Gasteiger partial charge in [-0.2, -0.15) is 0 Å². The smallest absolute Gasteiger partial charge is 0.348 e. The van der Waals surface area contributed by atoms with Crippen LogP contribution in [0, 0.1) is 18.3 Å². The minimum Gasteiger partial charge on any atom is -0.451 e. The summed E-state index contributed by atoms with van der Waals surface area (Å²) in [6.07, 6.45) is 3.18. The molecule has 4 nitrogen and oxygen atoms in total. The van der Waals surface area contributed by atoms with Gasteiger partial charge in [-0.1, -0.05) is 39.0 Å². The maximum absolute atomic E-state index is 12.4. The minimum absolute atomic E-state index is 0.272. The minimum atomic E-state index is -0.415. The van der Waals surface area contributed by atoms with E-state index in [0.29, 0.717) is 10.8 Å². The van der Waals surface area contributed by atoms with E-state index in [2.05, 4.69) is 26.1 Å². The molecule has 0 radical (unpaired) electrons. The number of fused-ring (bicyclic) bond motifs is 1. The summed E-state index contributed by atoms with van der Waals surface area (Å²) in [7, 11) is 0. The zero-order valence-electron chi connectivity index (χ0n) is 16.4. The van der Waals surface area contributed by atoms with Gasteiger partial charge in [-0.05, 0) is 60.8 Å². The van der Waals surface area contributed by atoms with Gasteiger partial charge in [0.15, 0.2) is 6.61 Å². The highest BCUT2D eigenvalue weighted by Crippen LogP contribution is 2.40. The van der Waals surface area contributed by atoms with Crippen molar-refractivity contribution >= 4 is 28.9 Å². The van der Waals surface area contributed by atoms with Crippen molar-refractivity contribution in [1.29, 1.82) is 0 Å². The van der Waals surface area contributed by atoms with Crippen LogP contribution < -0.4 is 5.32 Å². The van der Waals surface area contributed by atoms with Gasteiger partial charge in [-0.15, -0.1) is 11.3 Å². The summed E-state index contributed by atoms with van der Waals surface area (Å²) in [5, 5.41) is 2.78. The van der Waals surface area contributed by atoms with E-state index in [-0.39, 0.29) is 17.9 Å². The molecule has 1 aromatic carbocycles. The van der Waals surface area contributed by atoms with Gasteiger partial charge in [0.2, 0.25) is 0 Å². The molecule has 1 aromatic heterocycles. The van der Waals surface area contributed by atoms with Crippen molar-refractivity contribution in [3.05, 3.63) is 51.2 Å². The Kier molecular flexibility index (Phi) is 5.70. The second kappa shape index (κ2) is 7.85. The number of carbonyl (C=O) groups excluding carboxylic acids is 2. The normalized spacial score (nSPS) is 16.5. The molecule has 0 bridgehead atoms. The maximum atomic E-state index is 12.4. The van der Waals surface area contributed by atoms with E-state index < -0.39 is 5.97 Å². The first-order valence-electron chi connectivity index (χ1n) is 9.38. The number of hydrogen-bond acceptors (Lipinski definition) is 4. The first-order valence-corrected chi connectivity index (χ1v) is 10.2. The second-order valence-electron chi connectivity index (χ2n) is 8.30. The lowest BCUT2D eigenvalue weighted by Gasteiger charge is -2.33. The number of aryl methyl sites for hydroxylation is 2. The van der Waals surface area contributed by atoms with Crippen LogP contribution >= 0.6 is 11.3 Å². The Balaban J connectivity index is 1.57. The number of anilines is 1. The zero-order valence-corrected chi connectivity index (χ0v) is 17.2. The van der Waals surface area contributed by atoms with Crippen LogP contribution in [0.5, 0.6) is 0 Å². The molecule has 144 valence electrons. The second-order valence-corrected chi connectivity index (χ2v) is 9.44. The van der Waals surface area contributed by atoms with Gasteiger partial charge in [0.05, 0.1) is 0 Å². The number of thiophene rings is 1. The third-order valence-corrected chi connectivity index (χ3v) is 6.48. The van der Waals surface area contributed by atoms with Crippen LogP contribution in [0.4, 0.5) is 5.69 Å². The quantitative estimate of drug-likeness (QED) is 0.753. The summed E-state index contributed by atoms with van der Waals surface area (Å²) in [4.78, 5) is 26.3. The van der Waals surface area contributed by atoms with Gasteiger partial charge in [0.1, 0.15) is 4.88 Å². The number of rotatable bonds is 4. The molecule has 1 amide bonds. The molecular weight excluding hydrogens is 358 g/mol. The average Bonchev–Trinajstić information content (AvgIpc) is 3.04.